The van der Waals surface area contributed by atoms with E-state index < -0.39 is 0 Å². The van der Waals surface area contributed by atoms with Crippen molar-refractivity contribution in [1.82, 2.24) is 10.2 Å². The zero-order valence-electron chi connectivity index (χ0n) is 10.7. The van der Waals surface area contributed by atoms with Crippen LogP contribution in [0.5, 0.6) is 0 Å². The lowest BCUT2D eigenvalue weighted by molar-refractivity contribution is 0.0787. The van der Waals surface area contributed by atoms with Crippen LogP contribution in [0.25, 0.3) is 0 Å². The summed E-state index contributed by atoms with van der Waals surface area (Å²) >= 11 is 6.06. The molecule has 1 unspecified atom stereocenters. The second-order valence-corrected chi connectivity index (χ2v) is 5.19. The van der Waals surface area contributed by atoms with Crippen molar-refractivity contribution < 1.29 is 4.79 Å². The van der Waals surface area contributed by atoms with Gasteiger partial charge in [0.05, 0.1) is 10.6 Å². The number of carbonyl (C=O) groups excluding carboxylic acids is 1. The Morgan fingerprint density at radius 3 is 3.00 bits per heavy atom. The molecule has 0 bridgehead atoms. The van der Waals surface area contributed by atoms with Gasteiger partial charge in [0.1, 0.15) is 0 Å². The monoisotopic (exact) mass is 266 g/mol. The molecular formula is C14H19ClN2O. The first kappa shape index (κ1) is 13.4. The van der Waals surface area contributed by atoms with E-state index >= 15 is 0 Å². The van der Waals surface area contributed by atoms with Crippen LogP contribution in [0.15, 0.2) is 24.3 Å². The van der Waals surface area contributed by atoms with Gasteiger partial charge in [-0.3, -0.25) is 4.79 Å². The van der Waals surface area contributed by atoms with Gasteiger partial charge >= 0.3 is 0 Å². The maximum absolute atomic E-state index is 12.3. The van der Waals surface area contributed by atoms with E-state index in [-0.39, 0.29) is 5.91 Å². The third-order valence-corrected chi connectivity index (χ3v) is 3.81. The minimum Gasteiger partial charge on any atom is -0.338 e. The SMILES string of the molecule is CNCCC1CCN(C(=O)c2ccccc2Cl)C1. The molecule has 2 rings (SSSR count). The van der Waals surface area contributed by atoms with E-state index in [2.05, 4.69) is 5.32 Å². The van der Waals surface area contributed by atoms with E-state index in [1.165, 1.54) is 0 Å². The molecule has 1 N–H and O–H groups in total. The molecule has 1 fully saturated rings. The Kier molecular flexibility index (Phi) is 4.61. The van der Waals surface area contributed by atoms with Gasteiger partial charge in [0.25, 0.3) is 5.91 Å². The Labute approximate surface area is 113 Å². The van der Waals surface area contributed by atoms with Crippen LogP contribution in [0.1, 0.15) is 23.2 Å². The molecule has 1 saturated heterocycles. The molecule has 0 radical (unpaired) electrons. The number of likely N-dealkylation sites (tertiary alicyclic amines) is 1. The molecule has 1 atom stereocenters. The number of halogens is 1. The van der Waals surface area contributed by atoms with Crippen molar-refractivity contribution in [3.05, 3.63) is 34.9 Å². The lowest BCUT2D eigenvalue weighted by Crippen LogP contribution is -2.29. The van der Waals surface area contributed by atoms with Gasteiger partial charge in [-0.15, -0.1) is 0 Å². The molecule has 1 aliphatic rings. The van der Waals surface area contributed by atoms with E-state index in [9.17, 15) is 4.79 Å². The van der Waals surface area contributed by atoms with Crippen molar-refractivity contribution in [2.75, 3.05) is 26.7 Å². The zero-order valence-corrected chi connectivity index (χ0v) is 11.4. The number of nitrogens with zero attached hydrogens (tertiary/aromatic N) is 1. The van der Waals surface area contributed by atoms with Crippen molar-refractivity contribution >= 4 is 17.5 Å². The van der Waals surface area contributed by atoms with E-state index in [0.717, 1.165) is 32.5 Å². The fourth-order valence-electron chi connectivity index (χ4n) is 2.41. The van der Waals surface area contributed by atoms with Gasteiger partial charge in [0, 0.05) is 13.1 Å². The highest BCUT2D eigenvalue weighted by Gasteiger charge is 2.27. The third kappa shape index (κ3) is 3.03. The lowest BCUT2D eigenvalue weighted by Gasteiger charge is -2.17. The Bertz CT molecular complexity index is 422. The second kappa shape index (κ2) is 6.21. The fraction of sp³-hybridized carbons (Fsp3) is 0.500. The van der Waals surface area contributed by atoms with Crippen molar-refractivity contribution in [2.45, 2.75) is 12.8 Å². The number of benzene rings is 1. The maximum atomic E-state index is 12.3. The predicted octanol–water partition coefficient (Wildman–Crippen LogP) is 2.41. The minimum atomic E-state index is 0.0626. The van der Waals surface area contributed by atoms with Crippen molar-refractivity contribution in [3.8, 4) is 0 Å². The molecule has 3 nitrogen and oxygen atoms in total. The molecule has 1 heterocycles. The number of nitrogens with one attached hydrogen (secondary N) is 1. The first-order chi connectivity index (χ1) is 8.72. The molecule has 0 aliphatic carbocycles. The maximum Gasteiger partial charge on any atom is 0.255 e. The number of hydrogen-bond donors (Lipinski definition) is 1. The van der Waals surface area contributed by atoms with Gasteiger partial charge in [0.2, 0.25) is 0 Å². The molecule has 18 heavy (non-hydrogen) atoms. The van der Waals surface area contributed by atoms with Gasteiger partial charge in [0.15, 0.2) is 0 Å². The topological polar surface area (TPSA) is 32.3 Å². The number of carbonyl (C=O) groups is 1. The molecule has 0 aromatic heterocycles. The zero-order chi connectivity index (χ0) is 13.0. The number of rotatable bonds is 4. The molecule has 4 heteroatoms. The number of amides is 1. The van der Waals surface area contributed by atoms with Crippen LogP contribution in [0, 0.1) is 5.92 Å². The van der Waals surface area contributed by atoms with Crippen molar-refractivity contribution in [3.63, 3.8) is 0 Å². The van der Waals surface area contributed by atoms with Crippen LogP contribution >= 0.6 is 11.6 Å². The number of hydrogen-bond acceptors (Lipinski definition) is 2. The van der Waals surface area contributed by atoms with Crippen LogP contribution in [-0.2, 0) is 0 Å². The van der Waals surface area contributed by atoms with E-state index in [0.29, 0.717) is 16.5 Å². The standard InChI is InChI=1S/C14H19ClN2O/c1-16-8-6-11-7-9-17(10-11)14(18)12-4-2-3-5-13(12)15/h2-5,11,16H,6-10H2,1H3. The van der Waals surface area contributed by atoms with Crippen LogP contribution < -0.4 is 5.32 Å². The fourth-order valence-corrected chi connectivity index (χ4v) is 2.62. The molecular weight excluding hydrogens is 248 g/mol. The Hall–Kier alpha value is -1.06. The summed E-state index contributed by atoms with van der Waals surface area (Å²) < 4.78 is 0. The molecule has 98 valence electrons. The third-order valence-electron chi connectivity index (χ3n) is 3.48. The molecule has 0 saturated carbocycles. The largest absolute Gasteiger partial charge is 0.338 e. The van der Waals surface area contributed by atoms with Crippen molar-refractivity contribution in [1.29, 1.82) is 0 Å². The average Bonchev–Trinajstić information content (AvgIpc) is 2.85. The highest BCUT2D eigenvalue weighted by atomic mass is 35.5. The molecule has 1 amide bonds. The predicted molar refractivity (Wildman–Crippen MR) is 74.0 cm³/mol. The van der Waals surface area contributed by atoms with Crippen LogP contribution in [0.3, 0.4) is 0 Å². The summed E-state index contributed by atoms with van der Waals surface area (Å²) in [6.45, 7) is 2.71. The normalized spacial score (nSPS) is 19.2. The summed E-state index contributed by atoms with van der Waals surface area (Å²) in [4.78, 5) is 14.2. The smallest absolute Gasteiger partial charge is 0.255 e. The van der Waals surface area contributed by atoms with E-state index in [1.807, 2.05) is 24.1 Å². The lowest BCUT2D eigenvalue weighted by atomic mass is 10.1. The summed E-state index contributed by atoms with van der Waals surface area (Å²) in [5.41, 5.74) is 0.619. The highest BCUT2D eigenvalue weighted by molar-refractivity contribution is 6.33. The van der Waals surface area contributed by atoms with E-state index in [4.69, 9.17) is 11.6 Å². The van der Waals surface area contributed by atoms with Gasteiger partial charge < -0.3 is 10.2 Å². The highest BCUT2D eigenvalue weighted by Crippen LogP contribution is 2.23. The van der Waals surface area contributed by atoms with Crippen LogP contribution in [-0.4, -0.2) is 37.5 Å². The van der Waals surface area contributed by atoms with Crippen LogP contribution in [0.4, 0.5) is 0 Å². The Morgan fingerprint density at radius 2 is 2.28 bits per heavy atom. The second-order valence-electron chi connectivity index (χ2n) is 4.78. The Morgan fingerprint density at radius 1 is 1.50 bits per heavy atom. The molecule has 0 spiro atoms. The quantitative estimate of drug-likeness (QED) is 0.908. The first-order valence-electron chi connectivity index (χ1n) is 6.40. The van der Waals surface area contributed by atoms with Crippen LogP contribution in [0.2, 0.25) is 5.02 Å². The summed E-state index contributed by atoms with van der Waals surface area (Å²) in [5, 5.41) is 3.70. The van der Waals surface area contributed by atoms with Gasteiger partial charge in [-0.1, -0.05) is 23.7 Å². The summed E-state index contributed by atoms with van der Waals surface area (Å²) in [6, 6.07) is 7.27. The van der Waals surface area contributed by atoms with Gasteiger partial charge in [-0.2, -0.15) is 0 Å². The molecule has 1 aliphatic heterocycles. The summed E-state index contributed by atoms with van der Waals surface area (Å²) in [6.07, 6.45) is 2.22. The molecule has 1 aromatic rings. The summed E-state index contributed by atoms with van der Waals surface area (Å²) in [5.74, 6) is 0.677. The average molecular weight is 267 g/mol. The first-order valence-corrected chi connectivity index (χ1v) is 6.78. The summed E-state index contributed by atoms with van der Waals surface area (Å²) in [7, 11) is 1.96. The van der Waals surface area contributed by atoms with E-state index in [1.54, 1.807) is 12.1 Å². The Balaban J connectivity index is 1.97. The molecule has 1 aromatic carbocycles. The minimum absolute atomic E-state index is 0.0626. The van der Waals surface area contributed by atoms with Gasteiger partial charge in [-0.05, 0) is 44.5 Å². The van der Waals surface area contributed by atoms with Gasteiger partial charge in [-0.25, -0.2) is 0 Å². The van der Waals surface area contributed by atoms with Crippen molar-refractivity contribution in [2.24, 2.45) is 5.92 Å².